The van der Waals surface area contributed by atoms with Gasteiger partial charge in [-0.05, 0) is 55.8 Å². The van der Waals surface area contributed by atoms with Crippen LogP contribution in [-0.4, -0.2) is 12.0 Å². The molecular weight excluding hydrogens is 312 g/mol. The quantitative estimate of drug-likeness (QED) is 0.906. The molecule has 1 N–H and O–H groups in total. The van der Waals surface area contributed by atoms with Crippen molar-refractivity contribution < 1.29 is 9.53 Å². The van der Waals surface area contributed by atoms with E-state index in [2.05, 4.69) is 5.32 Å². The zero-order chi connectivity index (χ0) is 16.8. The van der Waals surface area contributed by atoms with E-state index in [1.165, 1.54) is 0 Å². The minimum atomic E-state index is -0.641. The molecule has 0 fully saturated rings. The minimum absolute atomic E-state index is 0.146. The van der Waals surface area contributed by atoms with E-state index < -0.39 is 6.10 Å². The normalized spacial score (nSPS) is 12.8. The highest BCUT2D eigenvalue weighted by atomic mass is 35.5. The maximum atomic E-state index is 12.2. The van der Waals surface area contributed by atoms with Crippen LogP contribution in [0.3, 0.4) is 0 Å². The molecule has 0 spiro atoms. The Balaban J connectivity index is 1.93. The van der Waals surface area contributed by atoms with E-state index >= 15 is 0 Å². The number of rotatable bonds is 5. The van der Waals surface area contributed by atoms with Crippen LogP contribution in [0.1, 0.15) is 31.0 Å². The fourth-order valence-electron chi connectivity index (χ4n) is 2.03. The van der Waals surface area contributed by atoms with Gasteiger partial charge in [-0.15, -0.1) is 0 Å². The van der Waals surface area contributed by atoms with Crippen molar-refractivity contribution in [3.8, 4) is 11.8 Å². The van der Waals surface area contributed by atoms with Crippen LogP contribution in [0.5, 0.6) is 5.75 Å². The standard InChI is InChI=1S/C18H17ClN2O2/c1-12(15-5-7-16(19)8-6-15)21-18(22)13(2)23-17-9-3-14(11-20)4-10-17/h3-10,12-13H,1-2H3,(H,21,22). The molecule has 0 saturated heterocycles. The van der Waals surface area contributed by atoms with Crippen LogP contribution >= 0.6 is 11.6 Å². The number of nitrogens with zero attached hydrogens (tertiary/aromatic N) is 1. The Morgan fingerprint density at radius 3 is 2.30 bits per heavy atom. The lowest BCUT2D eigenvalue weighted by molar-refractivity contribution is -0.127. The molecule has 0 bridgehead atoms. The zero-order valence-corrected chi connectivity index (χ0v) is 13.7. The predicted molar refractivity (Wildman–Crippen MR) is 89.3 cm³/mol. The Bertz CT molecular complexity index is 705. The fraction of sp³-hybridized carbons (Fsp3) is 0.222. The van der Waals surface area contributed by atoms with Gasteiger partial charge in [0.1, 0.15) is 5.75 Å². The van der Waals surface area contributed by atoms with Crippen LogP contribution < -0.4 is 10.1 Å². The number of amides is 1. The van der Waals surface area contributed by atoms with Crippen molar-refractivity contribution in [3.05, 3.63) is 64.7 Å². The summed E-state index contributed by atoms with van der Waals surface area (Å²) in [6.07, 6.45) is -0.641. The molecule has 0 aliphatic rings. The summed E-state index contributed by atoms with van der Waals surface area (Å²) in [6.45, 7) is 3.58. The van der Waals surface area contributed by atoms with Gasteiger partial charge in [-0.2, -0.15) is 5.26 Å². The summed E-state index contributed by atoms with van der Waals surface area (Å²) in [6, 6.07) is 15.9. The first-order valence-electron chi connectivity index (χ1n) is 7.22. The molecule has 5 heteroatoms. The topological polar surface area (TPSA) is 62.1 Å². The Kier molecular flexibility index (Phi) is 5.61. The van der Waals surface area contributed by atoms with E-state index in [1.54, 1.807) is 43.3 Å². The summed E-state index contributed by atoms with van der Waals surface area (Å²) in [4.78, 5) is 12.2. The molecule has 1 amide bonds. The minimum Gasteiger partial charge on any atom is -0.481 e. The SMILES string of the molecule is CC(Oc1ccc(C#N)cc1)C(=O)NC(C)c1ccc(Cl)cc1. The van der Waals surface area contributed by atoms with Crippen molar-refractivity contribution in [2.75, 3.05) is 0 Å². The molecule has 0 radical (unpaired) electrons. The van der Waals surface area contributed by atoms with Crippen molar-refractivity contribution in [2.24, 2.45) is 0 Å². The maximum Gasteiger partial charge on any atom is 0.261 e. The second-order valence-electron chi connectivity index (χ2n) is 5.18. The van der Waals surface area contributed by atoms with E-state index in [0.717, 1.165) is 5.56 Å². The van der Waals surface area contributed by atoms with E-state index in [1.807, 2.05) is 25.1 Å². The third-order valence-corrected chi connectivity index (χ3v) is 3.65. The molecule has 118 valence electrons. The fourth-order valence-corrected chi connectivity index (χ4v) is 2.16. The zero-order valence-electron chi connectivity index (χ0n) is 12.9. The van der Waals surface area contributed by atoms with Crippen molar-refractivity contribution in [2.45, 2.75) is 26.0 Å². The largest absolute Gasteiger partial charge is 0.481 e. The number of nitrogens with one attached hydrogen (secondary N) is 1. The Labute approximate surface area is 140 Å². The molecule has 0 heterocycles. The average molecular weight is 329 g/mol. The third-order valence-electron chi connectivity index (χ3n) is 3.39. The molecule has 2 aromatic carbocycles. The van der Waals surface area contributed by atoms with Crippen LogP contribution in [0.2, 0.25) is 5.02 Å². The van der Waals surface area contributed by atoms with Gasteiger partial charge in [-0.25, -0.2) is 0 Å². The van der Waals surface area contributed by atoms with Gasteiger partial charge in [-0.3, -0.25) is 4.79 Å². The van der Waals surface area contributed by atoms with Crippen molar-refractivity contribution >= 4 is 17.5 Å². The lowest BCUT2D eigenvalue weighted by Gasteiger charge is -2.19. The molecule has 2 aromatic rings. The number of carbonyl (C=O) groups is 1. The Morgan fingerprint density at radius 1 is 1.13 bits per heavy atom. The molecule has 0 saturated carbocycles. The van der Waals surface area contributed by atoms with E-state index in [9.17, 15) is 4.79 Å². The predicted octanol–water partition coefficient (Wildman–Crippen LogP) is 3.86. The Hall–Kier alpha value is -2.51. The molecule has 0 aliphatic carbocycles. The van der Waals surface area contributed by atoms with Gasteiger partial charge in [0.2, 0.25) is 0 Å². The van der Waals surface area contributed by atoms with Crippen LogP contribution in [-0.2, 0) is 4.79 Å². The summed E-state index contributed by atoms with van der Waals surface area (Å²) in [5, 5.41) is 12.3. The highest BCUT2D eigenvalue weighted by Gasteiger charge is 2.17. The van der Waals surface area contributed by atoms with E-state index in [-0.39, 0.29) is 11.9 Å². The summed E-state index contributed by atoms with van der Waals surface area (Å²) >= 11 is 5.86. The molecule has 0 aliphatic heterocycles. The van der Waals surface area contributed by atoms with Gasteiger partial charge >= 0.3 is 0 Å². The van der Waals surface area contributed by atoms with Gasteiger partial charge in [0.15, 0.2) is 6.10 Å². The van der Waals surface area contributed by atoms with Crippen molar-refractivity contribution in [1.82, 2.24) is 5.32 Å². The van der Waals surface area contributed by atoms with Gasteiger partial charge in [0.05, 0.1) is 17.7 Å². The van der Waals surface area contributed by atoms with Gasteiger partial charge in [0, 0.05) is 5.02 Å². The first-order chi connectivity index (χ1) is 11.0. The summed E-state index contributed by atoms with van der Waals surface area (Å²) < 4.78 is 5.59. The Morgan fingerprint density at radius 2 is 1.74 bits per heavy atom. The van der Waals surface area contributed by atoms with Gasteiger partial charge in [0.25, 0.3) is 5.91 Å². The lowest BCUT2D eigenvalue weighted by Crippen LogP contribution is -2.37. The number of nitriles is 1. The number of hydrogen-bond donors (Lipinski definition) is 1. The summed E-state index contributed by atoms with van der Waals surface area (Å²) in [5.74, 6) is 0.336. The summed E-state index contributed by atoms with van der Waals surface area (Å²) in [5.41, 5.74) is 1.51. The highest BCUT2D eigenvalue weighted by molar-refractivity contribution is 6.30. The van der Waals surface area contributed by atoms with Gasteiger partial charge in [-0.1, -0.05) is 23.7 Å². The molecule has 2 unspecified atom stereocenters. The molecular formula is C18H17ClN2O2. The van der Waals surface area contributed by atoms with Crippen LogP contribution in [0, 0.1) is 11.3 Å². The van der Waals surface area contributed by atoms with Gasteiger partial charge < -0.3 is 10.1 Å². The third kappa shape index (κ3) is 4.73. The van der Waals surface area contributed by atoms with Crippen LogP contribution in [0.25, 0.3) is 0 Å². The average Bonchev–Trinajstić information content (AvgIpc) is 2.56. The second-order valence-corrected chi connectivity index (χ2v) is 5.61. The second kappa shape index (κ2) is 7.66. The molecule has 2 rings (SSSR count). The number of hydrogen-bond acceptors (Lipinski definition) is 3. The van der Waals surface area contributed by atoms with E-state index in [4.69, 9.17) is 21.6 Å². The molecule has 0 aromatic heterocycles. The van der Waals surface area contributed by atoms with Crippen molar-refractivity contribution in [1.29, 1.82) is 5.26 Å². The number of carbonyl (C=O) groups excluding carboxylic acids is 1. The first-order valence-corrected chi connectivity index (χ1v) is 7.60. The molecule has 2 atom stereocenters. The number of halogens is 1. The summed E-state index contributed by atoms with van der Waals surface area (Å²) in [7, 11) is 0. The molecule has 23 heavy (non-hydrogen) atoms. The molecule has 4 nitrogen and oxygen atoms in total. The van der Waals surface area contributed by atoms with Crippen molar-refractivity contribution in [3.63, 3.8) is 0 Å². The monoisotopic (exact) mass is 328 g/mol. The number of benzene rings is 2. The number of ether oxygens (including phenoxy) is 1. The lowest BCUT2D eigenvalue weighted by atomic mass is 10.1. The smallest absolute Gasteiger partial charge is 0.261 e. The van der Waals surface area contributed by atoms with Crippen LogP contribution in [0.15, 0.2) is 48.5 Å². The van der Waals surface area contributed by atoms with Crippen LogP contribution in [0.4, 0.5) is 0 Å². The van der Waals surface area contributed by atoms with E-state index in [0.29, 0.717) is 16.3 Å². The maximum absolute atomic E-state index is 12.2. The first kappa shape index (κ1) is 16.9. The highest BCUT2D eigenvalue weighted by Crippen LogP contribution is 2.17.